The van der Waals surface area contributed by atoms with Crippen LogP contribution in [0.1, 0.15) is 12.8 Å². The molecule has 1 fully saturated rings. The molecule has 1 saturated heterocycles. The monoisotopic (exact) mass is 202 g/mol. The van der Waals surface area contributed by atoms with E-state index >= 15 is 0 Å². The number of aliphatic hydroxyl groups is 1. The van der Waals surface area contributed by atoms with E-state index in [-0.39, 0.29) is 19.0 Å². The number of carboxylic acid groups (broad SMARTS) is 1. The molecule has 0 radical (unpaired) electrons. The maximum absolute atomic E-state index is 10.8. The molecular formula is C8H14N2O4. The number of primary amides is 1. The van der Waals surface area contributed by atoms with Crippen LogP contribution in [0.3, 0.4) is 0 Å². The van der Waals surface area contributed by atoms with Gasteiger partial charge in [-0.25, -0.2) is 0 Å². The molecule has 1 aliphatic heterocycles. The number of hydrogen-bond donors (Lipinski definition) is 3. The molecule has 0 aromatic rings. The number of carboxylic acids is 1. The van der Waals surface area contributed by atoms with Gasteiger partial charge in [0.1, 0.15) is 0 Å². The van der Waals surface area contributed by atoms with Gasteiger partial charge in [-0.1, -0.05) is 0 Å². The van der Waals surface area contributed by atoms with Gasteiger partial charge in [-0.3, -0.25) is 14.5 Å². The molecular weight excluding hydrogens is 188 g/mol. The van der Waals surface area contributed by atoms with Gasteiger partial charge in [0.05, 0.1) is 18.6 Å². The summed E-state index contributed by atoms with van der Waals surface area (Å²) in [5.74, 6) is -1.47. The van der Waals surface area contributed by atoms with Crippen LogP contribution in [-0.4, -0.2) is 52.2 Å². The highest BCUT2D eigenvalue weighted by molar-refractivity contribution is 5.80. The lowest BCUT2D eigenvalue weighted by molar-refractivity contribution is -0.140. The summed E-state index contributed by atoms with van der Waals surface area (Å²) in [4.78, 5) is 22.7. The molecule has 4 N–H and O–H groups in total. The van der Waals surface area contributed by atoms with Crippen LogP contribution in [0, 0.1) is 0 Å². The van der Waals surface area contributed by atoms with Crippen LogP contribution in [0.25, 0.3) is 0 Å². The molecule has 1 amide bonds. The summed E-state index contributed by atoms with van der Waals surface area (Å²) in [6.07, 6.45) is -0.549. The summed E-state index contributed by atoms with van der Waals surface area (Å²) in [6.45, 7) is 0.879. The third-order valence-electron chi connectivity index (χ3n) is 2.31. The van der Waals surface area contributed by atoms with Crippen LogP contribution < -0.4 is 5.73 Å². The predicted octanol–water partition coefficient (Wildman–Crippen LogP) is -1.62. The molecule has 0 aromatic carbocycles. The highest BCUT2D eigenvalue weighted by atomic mass is 16.4. The number of aliphatic hydroxyl groups excluding tert-OH is 1. The smallest absolute Gasteiger partial charge is 0.306 e. The molecule has 0 aromatic heterocycles. The average molecular weight is 202 g/mol. The van der Waals surface area contributed by atoms with Crippen LogP contribution in [0.2, 0.25) is 0 Å². The molecule has 2 unspecified atom stereocenters. The Balaban J connectivity index is 2.30. The Kier molecular flexibility index (Phi) is 3.43. The molecule has 0 spiro atoms. The molecule has 14 heavy (non-hydrogen) atoms. The first-order valence-corrected chi connectivity index (χ1v) is 4.44. The number of carbonyl (C=O) groups is 2. The first-order chi connectivity index (χ1) is 6.50. The van der Waals surface area contributed by atoms with E-state index in [0.717, 1.165) is 0 Å². The zero-order valence-corrected chi connectivity index (χ0v) is 7.72. The maximum Gasteiger partial charge on any atom is 0.306 e. The molecule has 6 heteroatoms. The number of hydrogen-bond acceptors (Lipinski definition) is 4. The molecule has 1 aliphatic rings. The Morgan fingerprint density at radius 2 is 2.21 bits per heavy atom. The number of amides is 1. The third-order valence-corrected chi connectivity index (χ3v) is 2.31. The van der Waals surface area contributed by atoms with Crippen molar-refractivity contribution in [2.24, 2.45) is 5.73 Å². The van der Waals surface area contributed by atoms with Crippen molar-refractivity contribution in [1.82, 2.24) is 4.90 Å². The van der Waals surface area contributed by atoms with Crippen LogP contribution in [-0.2, 0) is 9.59 Å². The van der Waals surface area contributed by atoms with Crippen molar-refractivity contribution < 1.29 is 19.8 Å². The maximum atomic E-state index is 10.8. The van der Waals surface area contributed by atoms with Crippen LogP contribution in [0.15, 0.2) is 0 Å². The number of carbonyl (C=O) groups excluding carboxylic acids is 1. The first kappa shape index (κ1) is 10.9. The SMILES string of the molecule is NC(=O)C1CCN1CC(O)CC(=O)O. The van der Waals surface area contributed by atoms with E-state index in [9.17, 15) is 14.7 Å². The van der Waals surface area contributed by atoms with Crippen molar-refractivity contribution in [3.8, 4) is 0 Å². The Labute approximate surface area is 81.3 Å². The summed E-state index contributed by atoms with van der Waals surface area (Å²) in [5, 5.41) is 17.7. The second-order valence-corrected chi connectivity index (χ2v) is 3.45. The van der Waals surface area contributed by atoms with Crippen LogP contribution in [0.5, 0.6) is 0 Å². The fourth-order valence-corrected chi connectivity index (χ4v) is 1.52. The minimum absolute atomic E-state index is 0.194. The molecule has 1 rings (SSSR count). The summed E-state index contributed by atoms with van der Waals surface area (Å²) >= 11 is 0. The van der Waals surface area contributed by atoms with Crippen molar-refractivity contribution in [2.75, 3.05) is 13.1 Å². The van der Waals surface area contributed by atoms with Crippen LogP contribution in [0.4, 0.5) is 0 Å². The fourth-order valence-electron chi connectivity index (χ4n) is 1.52. The van der Waals surface area contributed by atoms with Gasteiger partial charge in [-0.15, -0.1) is 0 Å². The lowest BCUT2D eigenvalue weighted by atomic mass is 10.0. The summed E-state index contributed by atoms with van der Waals surface area (Å²) in [5.41, 5.74) is 5.09. The van der Waals surface area contributed by atoms with E-state index in [1.165, 1.54) is 0 Å². The number of β-amino-alcohol motifs (C(OH)–C–C–N with tert-alkyl or cyclic N) is 1. The Hall–Kier alpha value is -1.14. The lowest BCUT2D eigenvalue weighted by Gasteiger charge is -2.39. The van der Waals surface area contributed by atoms with E-state index in [2.05, 4.69) is 0 Å². The number of likely N-dealkylation sites (tertiary alicyclic amines) is 1. The molecule has 0 aliphatic carbocycles. The summed E-state index contributed by atoms with van der Waals surface area (Å²) in [6, 6.07) is -0.335. The Bertz CT molecular complexity index is 243. The largest absolute Gasteiger partial charge is 0.481 e. The number of nitrogens with two attached hydrogens (primary N) is 1. The molecule has 0 bridgehead atoms. The Morgan fingerprint density at radius 3 is 2.57 bits per heavy atom. The first-order valence-electron chi connectivity index (χ1n) is 4.44. The van der Waals surface area contributed by atoms with E-state index in [4.69, 9.17) is 10.8 Å². The molecule has 1 heterocycles. The quantitative estimate of drug-likeness (QED) is 0.497. The highest BCUT2D eigenvalue weighted by Crippen LogP contribution is 2.17. The highest BCUT2D eigenvalue weighted by Gasteiger charge is 2.33. The lowest BCUT2D eigenvalue weighted by Crippen LogP contribution is -2.56. The summed E-state index contributed by atoms with van der Waals surface area (Å²) < 4.78 is 0. The van der Waals surface area contributed by atoms with Gasteiger partial charge in [0.15, 0.2) is 0 Å². The second kappa shape index (κ2) is 4.39. The van der Waals surface area contributed by atoms with Gasteiger partial charge >= 0.3 is 5.97 Å². The molecule has 2 atom stereocenters. The summed E-state index contributed by atoms with van der Waals surface area (Å²) in [7, 11) is 0. The second-order valence-electron chi connectivity index (χ2n) is 3.45. The standard InChI is InChI=1S/C8H14N2O4/c9-8(14)6-1-2-10(6)4-5(11)3-7(12)13/h5-6,11H,1-4H2,(H2,9,14)(H,12,13). The molecule has 6 nitrogen and oxygen atoms in total. The molecule has 0 saturated carbocycles. The van der Waals surface area contributed by atoms with E-state index in [1.807, 2.05) is 0 Å². The van der Waals surface area contributed by atoms with E-state index < -0.39 is 18.0 Å². The molecule has 80 valence electrons. The fraction of sp³-hybridized carbons (Fsp3) is 0.750. The zero-order chi connectivity index (χ0) is 10.7. The van der Waals surface area contributed by atoms with E-state index in [1.54, 1.807) is 4.90 Å². The van der Waals surface area contributed by atoms with Gasteiger partial charge < -0.3 is 15.9 Å². The third kappa shape index (κ3) is 2.68. The topological polar surface area (TPSA) is 104 Å². The minimum Gasteiger partial charge on any atom is -0.481 e. The predicted molar refractivity (Wildman–Crippen MR) is 47.4 cm³/mol. The number of rotatable bonds is 5. The number of aliphatic carboxylic acids is 1. The van der Waals surface area contributed by atoms with Gasteiger partial charge in [0.25, 0.3) is 0 Å². The zero-order valence-electron chi connectivity index (χ0n) is 7.72. The van der Waals surface area contributed by atoms with Crippen molar-refractivity contribution in [3.63, 3.8) is 0 Å². The van der Waals surface area contributed by atoms with Crippen molar-refractivity contribution in [3.05, 3.63) is 0 Å². The van der Waals surface area contributed by atoms with Crippen molar-refractivity contribution >= 4 is 11.9 Å². The Morgan fingerprint density at radius 1 is 1.57 bits per heavy atom. The van der Waals surface area contributed by atoms with Gasteiger partial charge in [0.2, 0.25) is 5.91 Å². The van der Waals surface area contributed by atoms with Gasteiger partial charge in [-0.2, -0.15) is 0 Å². The average Bonchev–Trinajstić information content (AvgIpc) is 1.95. The van der Waals surface area contributed by atoms with Gasteiger partial charge in [0, 0.05) is 13.1 Å². The normalized spacial score (nSPS) is 23.9. The van der Waals surface area contributed by atoms with E-state index in [0.29, 0.717) is 13.0 Å². The number of nitrogens with zero attached hydrogens (tertiary/aromatic N) is 1. The minimum atomic E-state index is -1.05. The van der Waals surface area contributed by atoms with Crippen LogP contribution >= 0.6 is 0 Å². The van der Waals surface area contributed by atoms with Crippen molar-refractivity contribution in [1.29, 1.82) is 0 Å². The van der Waals surface area contributed by atoms with Gasteiger partial charge in [-0.05, 0) is 6.42 Å². The van der Waals surface area contributed by atoms with Crippen molar-refractivity contribution in [2.45, 2.75) is 25.0 Å².